The minimum Gasteiger partial charge on any atom is -0.298 e. The van der Waals surface area contributed by atoms with Gasteiger partial charge in [0.15, 0.2) is 0 Å². The molecule has 1 aliphatic heterocycles. The molecule has 7 heavy (non-hydrogen) atoms. The Morgan fingerprint density at radius 2 is 2.29 bits per heavy atom. The van der Waals surface area contributed by atoms with Gasteiger partial charge in [-0.25, -0.2) is 0 Å². The summed E-state index contributed by atoms with van der Waals surface area (Å²) in [6.07, 6.45) is 2.26. The molecule has 0 radical (unpaired) electrons. The van der Waals surface area contributed by atoms with Crippen molar-refractivity contribution in [1.82, 2.24) is 0 Å². The molecule has 1 fully saturated rings. The molecule has 1 saturated heterocycles. The first kappa shape index (κ1) is 7.02. The SMILES string of the molecule is C.N=C1CCCS1. The summed E-state index contributed by atoms with van der Waals surface area (Å²) in [5.74, 6) is 1.18. The van der Waals surface area contributed by atoms with Gasteiger partial charge in [-0.15, -0.1) is 11.8 Å². The molecule has 0 aliphatic carbocycles. The summed E-state index contributed by atoms with van der Waals surface area (Å²) in [4.78, 5) is 0. The molecule has 0 bridgehead atoms. The van der Waals surface area contributed by atoms with Crippen molar-refractivity contribution < 1.29 is 0 Å². The van der Waals surface area contributed by atoms with Crippen LogP contribution in [0.15, 0.2) is 0 Å². The fraction of sp³-hybridized carbons (Fsp3) is 0.800. The minimum atomic E-state index is 0. The lowest BCUT2D eigenvalue weighted by atomic mass is 10.4. The molecule has 0 atom stereocenters. The second-order valence-corrected chi connectivity index (χ2v) is 2.56. The van der Waals surface area contributed by atoms with E-state index in [9.17, 15) is 0 Å². The fourth-order valence-electron chi connectivity index (χ4n) is 0.500. The van der Waals surface area contributed by atoms with Gasteiger partial charge in [0.1, 0.15) is 0 Å². The molecule has 0 aromatic rings. The number of hydrogen-bond donors (Lipinski definition) is 1. The average molecular weight is 117 g/mol. The van der Waals surface area contributed by atoms with Gasteiger partial charge in [-0.3, -0.25) is 5.41 Å². The van der Waals surface area contributed by atoms with E-state index in [1.165, 1.54) is 12.2 Å². The standard InChI is InChI=1S/C4H7NS.CH4/c5-4-2-1-3-6-4;/h5H,1-3H2;1H4. The zero-order valence-electron chi connectivity index (χ0n) is 3.53. The van der Waals surface area contributed by atoms with Crippen molar-refractivity contribution in [3.63, 3.8) is 0 Å². The molecule has 1 nitrogen and oxygen atoms in total. The Hall–Kier alpha value is 0.0200. The van der Waals surface area contributed by atoms with Crippen LogP contribution in [0.25, 0.3) is 0 Å². The van der Waals surface area contributed by atoms with E-state index >= 15 is 0 Å². The predicted octanol–water partition coefficient (Wildman–Crippen LogP) is 2.13. The minimum absolute atomic E-state index is 0. The smallest absolute Gasteiger partial charge is 0.0641 e. The fourth-order valence-corrected chi connectivity index (χ4v) is 1.32. The molecule has 0 amide bonds. The van der Waals surface area contributed by atoms with E-state index in [1.54, 1.807) is 11.8 Å². The molecule has 0 unspecified atom stereocenters. The van der Waals surface area contributed by atoms with Gasteiger partial charge >= 0.3 is 0 Å². The van der Waals surface area contributed by atoms with E-state index in [2.05, 4.69) is 0 Å². The maximum atomic E-state index is 7.01. The molecule has 1 aliphatic rings. The van der Waals surface area contributed by atoms with Gasteiger partial charge in [-0.2, -0.15) is 0 Å². The molecular weight excluding hydrogens is 106 g/mol. The Morgan fingerprint density at radius 3 is 2.43 bits per heavy atom. The van der Waals surface area contributed by atoms with Crippen LogP contribution < -0.4 is 0 Å². The second kappa shape index (κ2) is 3.08. The van der Waals surface area contributed by atoms with Crippen LogP contribution in [-0.4, -0.2) is 10.8 Å². The van der Waals surface area contributed by atoms with E-state index in [4.69, 9.17) is 5.41 Å². The predicted molar refractivity (Wildman–Crippen MR) is 36.1 cm³/mol. The molecule has 1 N–H and O–H groups in total. The van der Waals surface area contributed by atoms with E-state index < -0.39 is 0 Å². The lowest BCUT2D eigenvalue weighted by molar-refractivity contribution is 1.04. The van der Waals surface area contributed by atoms with Crippen molar-refractivity contribution in [2.75, 3.05) is 5.75 Å². The molecular formula is C5H11NS. The van der Waals surface area contributed by atoms with Gasteiger partial charge in [0, 0.05) is 0 Å². The largest absolute Gasteiger partial charge is 0.298 e. The second-order valence-electron chi connectivity index (χ2n) is 1.38. The number of rotatable bonds is 0. The van der Waals surface area contributed by atoms with E-state index in [1.807, 2.05) is 0 Å². The van der Waals surface area contributed by atoms with Gasteiger partial charge in [0.25, 0.3) is 0 Å². The maximum absolute atomic E-state index is 7.01. The highest BCUT2D eigenvalue weighted by Gasteiger charge is 2.04. The zero-order chi connectivity index (χ0) is 4.41. The first-order valence-electron chi connectivity index (χ1n) is 2.10. The van der Waals surface area contributed by atoms with Gasteiger partial charge in [0.2, 0.25) is 0 Å². The summed E-state index contributed by atoms with van der Waals surface area (Å²) in [5.41, 5.74) is 0. The number of nitrogens with one attached hydrogen (secondary N) is 1. The molecule has 0 aromatic carbocycles. The Labute approximate surface area is 49.0 Å². The Balaban J connectivity index is 0.000000360. The quantitative estimate of drug-likeness (QED) is 0.516. The van der Waals surface area contributed by atoms with Crippen molar-refractivity contribution in [2.24, 2.45) is 0 Å². The van der Waals surface area contributed by atoms with Crippen molar-refractivity contribution >= 4 is 16.8 Å². The van der Waals surface area contributed by atoms with Crippen LogP contribution in [0.5, 0.6) is 0 Å². The average Bonchev–Trinajstić information content (AvgIpc) is 1.86. The third kappa shape index (κ3) is 1.97. The molecule has 0 spiro atoms. The first-order valence-corrected chi connectivity index (χ1v) is 3.08. The summed E-state index contributed by atoms with van der Waals surface area (Å²) in [6, 6.07) is 0. The summed E-state index contributed by atoms with van der Waals surface area (Å²) >= 11 is 1.68. The lowest BCUT2D eigenvalue weighted by Crippen LogP contribution is -1.73. The topological polar surface area (TPSA) is 23.9 Å². The Morgan fingerprint density at radius 1 is 1.57 bits per heavy atom. The van der Waals surface area contributed by atoms with Gasteiger partial charge < -0.3 is 0 Å². The highest BCUT2D eigenvalue weighted by molar-refractivity contribution is 8.14. The summed E-state index contributed by atoms with van der Waals surface area (Å²) in [7, 11) is 0. The molecule has 42 valence electrons. The third-order valence-electron chi connectivity index (χ3n) is 0.824. The van der Waals surface area contributed by atoms with Gasteiger partial charge in [-0.05, 0) is 18.6 Å². The zero-order valence-corrected chi connectivity index (χ0v) is 4.35. The molecule has 0 aromatic heterocycles. The molecule has 2 heteroatoms. The summed E-state index contributed by atoms with van der Waals surface area (Å²) in [6.45, 7) is 0. The van der Waals surface area contributed by atoms with Crippen LogP contribution in [0.4, 0.5) is 0 Å². The van der Waals surface area contributed by atoms with E-state index in [0.29, 0.717) is 0 Å². The Kier molecular flexibility index (Phi) is 3.09. The maximum Gasteiger partial charge on any atom is 0.0641 e. The van der Waals surface area contributed by atoms with Crippen LogP contribution in [0, 0.1) is 5.41 Å². The third-order valence-corrected chi connectivity index (χ3v) is 1.87. The van der Waals surface area contributed by atoms with E-state index in [0.717, 1.165) is 11.5 Å². The number of thioether (sulfide) groups is 1. The normalized spacial score (nSPS) is 19.1. The van der Waals surface area contributed by atoms with Crippen LogP contribution in [0.1, 0.15) is 20.3 Å². The first-order chi connectivity index (χ1) is 2.89. The summed E-state index contributed by atoms with van der Waals surface area (Å²) in [5, 5.41) is 7.88. The van der Waals surface area contributed by atoms with E-state index in [-0.39, 0.29) is 7.43 Å². The Bertz CT molecular complexity index is 62.5. The molecule has 0 saturated carbocycles. The molecule has 1 rings (SSSR count). The van der Waals surface area contributed by atoms with Gasteiger partial charge in [0.05, 0.1) is 5.04 Å². The number of hydrogen-bond acceptors (Lipinski definition) is 2. The van der Waals surface area contributed by atoms with Crippen molar-refractivity contribution in [1.29, 1.82) is 5.41 Å². The highest BCUT2D eigenvalue weighted by atomic mass is 32.2. The lowest BCUT2D eigenvalue weighted by Gasteiger charge is -1.77. The van der Waals surface area contributed by atoms with Crippen molar-refractivity contribution in [3.8, 4) is 0 Å². The highest BCUT2D eigenvalue weighted by Crippen LogP contribution is 2.17. The van der Waals surface area contributed by atoms with Crippen LogP contribution in [0.2, 0.25) is 0 Å². The van der Waals surface area contributed by atoms with Crippen molar-refractivity contribution in [2.45, 2.75) is 20.3 Å². The van der Waals surface area contributed by atoms with Crippen LogP contribution >= 0.6 is 11.8 Å². The van der Waals surface area contributed by atoms with Crippen LogP contribution in [-0.2, 0) is 0 Å². The summed E-state index contributed by atoms with van der Waals surface area (Å²) < 4.78 is 0. The van der Waals surface area contributed by atoms with Crippen LogP contribution in [0.3, 0.4) is 0 Å². The van der Waals surface area contributed by atoms with Gasteiger partial charge in [-0.1, -0.05) is 7.43 Å². The van der Waals surface area contributed by atoms with Crippen molar-refractivity contribution in [3.05, 3.63) is 0 Å². The molecule has 1 heterocycles. The monoisotopic (exact) mass is 117 g/mol.